The van der Waals surface area contributed by atoms with Crippen LogP contribution in [0.25, 0.3) is 0 Å². The quantitative estimate of drug-likeness (QED) is 0.482. The summed E-state index contributed by atoms with van der Waals surface area (Å²) in [7, 11) is 0. The van der Waals surface area contributed by atoms with Crippen LogP contribution in [0.2, 0.25) is 0 Å². The summed E-state index contributed by atoms with van der Waals surface area (Å²) >= 11 is 1.33. The SMILES string of the molecule is CC(CC(=O)O)Sc1ccc([N+](=O)[O-])nc1. The number of aromatic nitrogens is 1. The number of carboxylic acids is 1. The van der Waals surface area contributed by atoms with Crippen LogP contribution in [0.3, 0.4) is 0 Å². The molecule has 0 bridgehead atoms. The van der Waals surface area contributed by atoms with Crippen LogP contribution in [-0.2, 0) is 4.79 Å². The lowest BCUT2D eigenvalue weighted by Crippen LogP contribution is -2.05. The molecule has 1 N–H and O–H groups in total. The first-order chi connectivity index (χ1) is 7.49. The van der Waals surface area contributed by atoms with Crippen molar-refractivity contribution in [2.75, 3.05) is 0 Å². The zero-order valence-electron chi connectivity index (χ0n) is 8.49. The van der Waals surface area contributed by atoms with Gasteiger partial charge in [0.25, 0.3) is 0 Å². The van der Waals surface area contributed by atoms with Crippen molar-refractivity contribution in [2.45, 2.75) is 23.5 Å². The standard InChI is InChI=1S/C9H10N2O4S/c1-6(4-9(12)13)16-7-2-3-8(10-5-7)11(14)15/h2-3,5-6H,4H2,1H3,(H,12,13). The fourth-order valence-electron chi connectivity index (χ4n) is 1.07. The lowest BCUT2D eigenvalue weighted by Gasteiger charge is -2.06. The van der Waals surface area contributed by atoms with Crippen molar-refractivity contribution in [2.24, 2.45) is 0 Å². The van der Waals surface area contributed by atoms with Gasteiger partial charge in [0.05, 0.1) is 11.3 Å². The first kappa shape index (κ1) is 12.4. The molecule has 0 radical (unpaired) electrons. The highest BCUT2D eigenvalue weighted by molar-refractivity contribution is 8.00. The van der Waals surface area contributed by atoms with Gasteiger partial charge in [-0.1, -0.05) is 6.92 Å². The third-order valence-corrected chi connectivity index (χ3v) is 2.79. The molecule has 1 heterocycles. The van der Waals surface area contributed by atoms with E-state index in [0.717, 1.165) is 4.90 Å². The second kappa shape index (κ2) is 5.45. The lowest BCUT2D eigenvalue weighted by atomic mass is 10.3. The van der Waals surface area contributed by atoms with Crippen LogP contribution in [0.4, 0.5) is 5.82 Å². The molecule has 0 saturated heterocycles. The molecule has 0 amide bonds. The predicted octanol–water partition coefficient (Wildman–Crippen LogP) is 1.95. The van der Waals surface area contributed by atoms with Gasteiger partial charge >= 0.3 is 11.8 Å². The average Bonchev–Trinajstić information content (AvgIpc) is 2.16. The van der Waals surface area contributed by atoms with Gasteiger partial charge in [-0.05, 0) is 16.0 Å². The van der Waals surface area contributed by atoms with Crippen LogP contribution in [0.5, 0.6) is 0 Å². The fourth-order valence-corrected chi connectivity index (χ4v) is 2.02. The summed E-state index contributed by atoms with van der Waals surface area (Å²) in [6, 6.07) is 2.87. The number of carbonyl (C=O) groups is 1. The molecule has 6 nitrogen and oxygen atoms in total. The maximum atomic E-state index is 10.4. The minimum Gasteiger partial charge on any atom is -0.481 e. The van der Waals surface area contributed by atoms with Crippen molar-refractivity contribution in [3.8, 4) is 0 Å². The summed E-state index contributed by atoms with van der Waals surface area (Å²) in [6.07, 6.45) is 1.42. The van der Waals surface area contributed by atoms with Crippen molar-refractivity contribution in [1.82, 2.24) is 4.98 Å². The number of hydrogen-bond donors (Lipinski definition) is 1. The molecule has 0 aliphatic rings. The second-order valence-electron chi connectivity index (χ2n) is 3.14. The van der Waals surface area contributed by atoms with E-state index >= 15 is 0 Å². The Balaban J connectivity index is 2.61. The van der Waals surface area contributed by atoms with E-state index in [0.29, 0.717) is 0 Å². The van der Waals surface area contributed by atoms with E-state index in [9.17, 15) is 14.9 Å². The molecule has 1 unspecified atom stereocenters. The Morgan fingerprint density at radius 3 is 2.81 bits per heavy atom. The molecule has 0 aliphatic heterocycles. The van der Waals surface area contributed by atoms with E-state index in [2.05, 4.69) is 4.98 Å². The third kappa shape index (κ3) is 3.85. The molecule has 1 aromatic rings. The summed E-state index contributed by atoms with van der Waals surface area (Å²) in [6.45, 7) is 1.78. The molecule has 16 heavy (non-hydrogen) atoms. The van der Waals surface area contributed by atoms with Crippen LogP contribution in [0, 0.1) is 10.1 Å². The fraction of sp³-hybridized carbons (Fsp3) is 0.333. The second-order valence-corrected chi connectivity index (χ2v) is 4.65. The van der Waals surface area contributed by atoms with Gasteiger partial charge in [0.1, 0.15) is 0 Å². The van der Waals surface area contributed by atoms with Crippen LogP contribution in [-0.4, -0.2) is 26.2 Å². The molecule has 86 valence electrons. The van der Waals surface area contributed by atoms with Gasteiger partial charge in [-0.15, -0.1) is 11.8 Å². The normalized spacial score (nSPS) is 12.1. The summed E-state index contributed by atoms with van der Waals surface area (Å²) in [5.41, 5.74) is 0. The van der Waals surface area contributed by atoms with Crippen molar-refractivity contribution in [1.29, 1.82) is 0 Å². The minimum atomic E-state index is -0.866. The van der Waals surface area contributed by atoms with Gasteiger partial charge < -0.3 is 15.2 Å². The summed E-state index contributed by atoms with van der Waals surface area (Å²) < 4.78 is 0. The largest absolute Gasteiger partial charge is 0.481 e. The van der Waals surface area contributed by atoms with Gasteiger partial charge in [-0.3, -0.25) is 4.79 Å². The molecule has 1 aromatic heterocycles. The summed E-state index contributed by atoms with van der Waals surface area (Å²) in [5, 5.41) is 18.8. The zero-order chi connectivity index (χ0) is 12.1. The van der Waals surface area contributed by atoms with E-state index in [1.807, 2.05) is 0 Å². The van der Waals surface area contributed by atoms with Gasteiger partial charge in [-0.2, -0.15) is 0 Å². The Morgan fingerprint density at radius 1 is 1.69 bits per heavy atom. The number of carboxylic acid groups (broad SMARTS) is 1. The average molecular weight is 242 g/mol. The van der Waals surface area contributed by atoms with Crippen LogP contribution in [0.15, 0.2) is 23.2 Å². The van der Waals surface area contributed by atoms with Gasteiger partial charge in [0.15, 0.2) is 6.20 Å². The molecular weight excluding hydrogens is 232 g/mol. The first-order valence-corrected chi connectivity index (χ1v) is 5.36. The Hall–Kier alpha value is -1.63. The van der Waals surface area contributed by atoms with Crippen LogP contribution in [0.1, 0.15) is 13.3 Å². The Bertz CT molecular complexity index is 393. The Morgan fingerprint density at radius 2 is 2.38 bits per heavy atom. The van der Waals surface area contributed by atoms with E-state index in [1.165, 1.54) is 24.0 Å². The van der Waals surface area contributed by atoms with E-state index in [4.69, 9.17) is 5.11 Å². The number of nitrogens with zero attached hydrogens (tertiary/aromatic N) is 2. The van der Waals surface area contributed by atoms with Gasteiger partial charge in [0, 0.05) is 11.3 Å². The minimum absolute atomic E-state index is 0.0433. The van der Waals surface area contributed by atoms with E-state index in [-0.39, 0.29) is 17.5 Å². The van der Waals surface area contributed by atoms with E-state index < -0.39 is 10.9 Å². The van der Waals surface area contributed by atoms with Crippen molar-refractivity contribution in [3.05, 3.63) is 28.4 Å². The Labute approximate surface area is 95.8 Å². The molecule has 0 aliphatic carbocycles. The highest BCUT2D eigenvalue weighted by Crippen LogP contribution is 2.25. The topological polar surface area (TPSA) is 93.3 Å². The monoisotopic (exact) mass is 242 g/mol. The van der Waals surface area contributed by atoms with Crippen molar-refractivity contribution in [3.63, 3.8) is 0 Å². The summed E-state index contributed by atoms with van der Waals surface area (Å²) in [4.78, 5) is 24.6. The number of aliphatic carboxylic acids is 1. The number of rotatable bonds is 5. The molecule has 7 heteroatoms. The van der Waals surface area contributed by atoms with Crippen LogP contribution >= 0.6 is 11.8 Å². The maximum Gasteiger partial charge on any atom is 0.363 e. The van der Waals surface area contributed by atoms with Gasteiger partial charge in [-0.25, -0.2) is 0 Å². The van der Waals surface area contributed by atoms with Crippen molar-refractivity contribution < 1.29 is 14.8 Å². The number of hydrogen-bond acceptors (Lipinski definition) is 5. The molecule has 1 atom stereocenters. The summed E-state index contributed by atoms with van der Waals surface area (Å²) in [5.74, 6) is -1.08. The smallest absolute Gasteiger partial charge is 0.363 e. The highest BCUT2D eigenvalue weighted by Gasteiger charge is 2.12. The molecule has 0 aromatic carbocycles. The predicted molar refractivity (Wildman–Crippen MR) is 58.5 cm³/mol. The molecule has 0 spiro atoms. The lowest BCUT2D eigenvalue weighted by molar-refractivity contribution is -0.389. The number of pyridine rings is 1. The van der Waals surface area contributed by atoms with E-state index in [1.54, 1.807) is 13.0 Å². The first-order valence-electron chi connectivity index (χ1n) is 4.48. The number of thioether (sulfide) groups is 1. The third-order valence-electron chi connectivity index (χ3n) is 1.71. The molecular formula is C9H10N2O4S. The number of nitro groups is 1. The van der Waals surface area contributed by atoms with Crippen LogP contribution < -0.4 is 0 Å². The highest BCUT2D eigenvalue weighted by atomic mass is 32.2. The molecule has 1 rings (SSSR count). The van der Waals surface area contributed by atoms with Gasteiger partial charge in [0.2, 0.25) is 0 Å². The maximum absolute atomic E-state index is 10.4. The Kier molecular flexibility index (Phi) is 4.24. The molecule has 0 saturated carbocycles. The molecule has 0 fully saturated rings. The van der Waals surface area contributed by atoms with Crippen molar-refractivity contribution >= 4 is 23.5 Å². The zero-order valence-corrected chi connectivity index (χ0v) is 9.31.